The van der Waals surface area contributed by atoms with Crippen molar-refractivity contribution >= 4 is 52.4 Å². The second-order valence-corrected chi connectivity index (χ2v) is 11.3. The third kappa shape index (κ3) is 5.05. The minimum Gasteiger partial charge on any atom is -0.278 e. The molecule has 0 saturated carbocycles. The Morgan fingerprint density at radius 2 is 1.46 bits per heavy atom. The van der Waals surface area contributed by atoms with E-state index in [0.29, 0.717) is 21.3 Å². The zero-order valence-corrected chi connectivity index (χ0v) is 22.9. The van der Waals surface area contributed by atoms with Gasteiger partial charge in [-0.3, -0.25) is 9.69 Å². The first-order chi connectivity index (χ1) is 19.1. The summed E-state index contributed by atoms with van der Waals surface area (Å²) in [7, 11) is 0. The molecule has 4 nitrogen and oxygen atoms in total. The third-order valence-electron chi connectivity index (χ3n) is 6.34. The first-order valence-corrected chi connectivity index (χ1v) is 14.4. The Hall–Kier alpha value is -4.02. The van der Waals surface area contributed by atoms with E-state index >= 15 is 0 Å². The van der Waals surface area contributed by atoms with E-state index in [1.165, 1.54) is 11.8 Å². The van der Waals surface area contributed by atoms with E-state index in [4.69, 9.17) is 16.6 Å². The molecule has 0 aliphatic carbocycles. The minimum absolute atomic E-state index is 0.0796. The predicted octanol–water partition coefficient (Wildman–Crippen LogP) is 8.86. The SMILES string of the molecule is N#Cc1c(-c2ccccc2)cc(-c2ccc(Cl)cc2)nc1SCC(=O)N1c2ccccc2Sc2ccccc21. The highest BCUT2D eigenvalue weighted by Gasteiger charge is 2.28. The van der Waals surface area contributed by atoms with E-state index in [1.807, 2.05) is 109 Å². The summed E-state index contributed by atoms with van der Waals surface area (Å²) < 4.78 is 0. The van der Waals surface area contributed by atoms with E-state index in [2.05, 4.69) is 6.07 Å². The number of carbonyl (C=O) groups is 1. The van der Waals surface area contributed by atoms with Crippen molar-refractivity contribution in [1.82, 2.24) is 4.98 Å². The molecule has 1 aromatic heterocycles. The molecule has 0 unspecified atom stereocenters. The maximum atomic E-state index is 13.8. The Morgan fingerprint density at radius 3 is 2.10 bits per heavy atom. The largest absolute Gasteiger partial charge is 0.278 e. The minimum atomic E-state index is -0.0796. The number of anilines is 2. The van der Waals surface area contributed by atoms with E-state index in [0.717, 1.165) is 37.9 Å². The van der Waals surface area contributed by atoms with Crippen LogP contribution in [0.25, 0.3) is 22.4 Å². The summed E-state index contributed by atoms with van der Waals surface area (Å²) in [5.41, 5.74) is 5.45. The van der Waals surface area contributed by atoms with Gasteiger partial charge in [-0.15, -0.1) is 0 Å². The van der Waals surface area contributed by atoms with Crippen molar-refractivity contribution in [2.24, 2.45) is 0 Å². The van der Waals surface area contributed by atoms with Crippen molar-refractivity contribution in [3.63, 3.8) is 0 Å². The van der Waals surface area contributed by atoms with E-state index in [9.17, 15) is 10.1 Å². The van der Waals surface area contributed by atoms with Gasteiger partial charge in [-0.1, -0.05) is 102 Å². The number of hydrogen-bond acceptors (Lipinski definition) is 5. The average Bonchev–Trinajstić information content (AvgIpc) is 2.99. The molecule has 5 aromatic rings. The molecule has 0 atom stereocenters. The predicted molar refractivity (Wildman–Crippen MR) is 160 cm³/mol. The fourth-order valence-corrected chi connectivity index (χ4v) is 6.55. The normalized spacial score (nSPS) is 11.8. The Balaban J connectivity index is 1.39. The Labute approximate surface area is 240 Å². The smallest absolute Gasteiger partial charge is 0.242 e. The molecule has 4 aromatic carbocycles. The Kier molecular flexibility index (Phi) is 7.12. The number of thioether (sulfide) groups is 1. The van der Waals surface area contributed by atoms with Crippen molar-refractivity contribution in [2.45, 2.75) is 14.8 Å². The molecule has 0 spiro atoms. The molecule has 0 N–H and O–H groups in total. The molecule has 0 fully saturated rings. The van der Waals surface area contributed by atoms with Crippen molar-refractivity contribution in [3.05, 3.63) is 120 Å². The molecule has 1 aliphatic rings. The second kappa shape index (κ2) is 11.0. The Morgan fingerprint density at radius 1 is 0.846 bits per heavy atom. The third-order valence-corrected chi connectivity index (χ3v) is 8.68. The Bertz CT molecular complexity index is 1690. The molecule has 1 amide bonds. The summed E-state index contributed by atoms with van der Waals surface area (Å²) in [6.45, 7) is 0. The fraction of sp³-hybridized carbons (Fsp3) is 0.0312. The van der Waals surface area contributed by atoms with Crippen LogP contribution in [0.4, 0.5) is 11.4 Å². The number of para-hydroxylation sites is 2. The molecule has 0 radical (unpaired) electrons. The molecule has 0 saturated heterocycles. The average molecular weight is 562 g/mol. The van der Waals surface area contributed by atoms with Crippen molar-refractivity contribution in [3.8, 4) is 28.5 Å². The van der Waals surface area contributed by atoms with Crippen molar-refractivity contribution in [2.75, 3.05) is 10.7 Å². The molecule has 6 rings (SSSR count). The molecule has 0 bridgehead atoms. The molecule has 2 heterocycles. The van der Waals surface area contributed by atoms with Gasteiger partial charge in [0, 0.05) is 25.9 Å². The van der Waals surface area contributed by atoms with Gasteiger partial charge < -0.3 is 0 Å². The lowest BCUT2D eigenvalue weighted by atomic mass is 9.99. The standard InChI is InChI=1S/C32H20ClN3OS2/c33-23-16-14-22(15-17-23)26-18-24(21-8-2-1-3-9-21)25(19-34)32(35-26)38-20-31(37)36-27-10-4-6-12-29(27)39-30-13-7-5-11-28(30)36/h1-18H,20H2. The highest BCUT2D eigenvalue weighted by atomic mass is 35.5. The van der Waals surface area contributed by atoms with Crippen LogP contribution in [0.2, 0.25) is 5.02 Å². The zero-order valence-electron chi connectivity index (χ0n) is 20.5. The number of carbonyl (C=O) groups excluding carboxylic acids is 1. The van der Waals surface area contributed by atoms with Gasteiger partial charge in [-0.05, 0) is 48.0 Å². The van der Waals surface area contributed by atoms with Crippen LogP contribution in [-0.2, 0) is 4.79 Å². The summed E-state index contributed by atoms with van der Waals surface area (Å²) in [6.07, 6.45) is 0. The number of hydrogen-bond donors (Lipinski definition) is 0. The van der Waals surface area contributed by atoms with Crippen LogP contribution in [0.5, 0.6) is 0 Å². The number of rotatable bonds is 5. The van der Waals surface area contributed by atoms with E-state index in [-0.39, 0.29) is 11.7 Å². The lowest BCUT2D eigenvalue weighted by molar-refractivity contribution is -0.115. The number of halogens is 1. The van der Waals surface area contributed by atoms with Crippen molar-refractivity contribution < 1.29 is 4.79 Å². The van der Waals surface area contributed by atoms with E-state index < -0.39 is 0 Å². The van der Waals surface area contributed by atoms with Crippen LogP contribution in [0, 0.1) is 11.3 Å². The van der Waals surface area contributed by atoms with Gasteiger partial charge in [-0.25, -0.2) is 4.98 Å². The van der Waals surface area contributed by atoms with Gasteiger partial charge in [0.1, 0.15) is 11.1 Å². The monoisotopic (exact) mass is 561 g/mol. The summed E-state index contributed by atoms with van der Waals surface area (Å²) in [4.78, 5) is 22.5. The van der Waals surface area contributed by atoms with Crippen LogP contribution in [0.1, 0.15) is 5.56 Å². The van der Waals surface area contributed by atoms with Gasteiger partial charge in [0.05, 0.1) is 28.4 Å². The molecule has 1 aliphatic heterocycles. The number of fused-ring (bicyclic) bond motifs is 2. The van der Waals surface area contributed by atoms with Gasteiger partial charge in [0.2, 0.25) is 5.91 Å². The number of nitriles is 1. The van der Waals surface area contributed by atoms with Gasteiger partial charge in [0.15, 0.2) is 0 Å². The summed E-state index contributed by atoms with van der Waals surface area (Å²) in [5.74, 6) is 0.0388. The van der Waals surface area contributed by atoms with Crippen LogP contribution >= 0.6 is 35.1 Å². The van der Waals surface area contributed by atoms with Gasteiger partial charge in [-0.2, -0.15) is 5.26 Å². The summed E-state index contributed by atoms with van der Waals surface area (Å²) in [6, 6.07) is 37.3. The number of aromatic nitrogens is 1. The molecule has 39 heavy (non-hydrogen) atoms. The first kappa shape index (κ1) is 25.3. The maximum Gasteiger partial charge on any atom is 0.242 e. The number of benzene rings is 4. The molecule has 7 heteroatoms. The topological polar surface area (TPSA) is 57.0 Å². The fourth-order valence-electron chi connectivity index (χ4n) is 4.52. The van der Waals surface area contributed by atoms with Crippen molar-refractivity contribution in [1.29, 1.82) is 5.26 Å². The zero-order chi connectivity index (χ0) is 26.8. The first-order valence-electron chi connectivity index (χ1n) is 12.2. The lowest BCUT2D eigenvalue weighted by Crippen LogP contribution is -2.30. The second-order valence-electron chi connectivity index (χ2n) is 8.78. The van der Waals surface area contributed by atoms with Crippen LogP contribution < -0.4 is 4.90 Å². The highest BCUT2D eigenvalue weighted by Crippen LogP contribution is 2.48. The number of nitrogens with zero attached hydrogens (tertiary/aromatic N) is 3. The van der Waals surface area contributed by atoms with Crippen LogP contribution in [0.15, 0.2) is 124 Å². The highest BCUT2D eigenvalue weighted by molar-refractivity contribution is 8.00. The van der Waals surface area contributed by atoms with E-state index in [1.54, 1.807) is 16.7 Å². The van der Waals surface area contributed by atoms with Gasteiger partial charge >= 0.3 is 0 Å². The molecular formula is C32H20ClN3OS2. The number of pyridine rings is 1. The summed E-state index contributed by atoms with van der Waals surface area (Å²) in [5, 5.41) is 11.4. The maximum absolute atomic E-state index is 13.8. The van der Waals surface area contributed by atoms with Gasteiger partial charge in [0.25, 0.3) is 0 Å². The summed E-state index contributed by atoms with van der Waals surface area (Å²) >= 11 is 9.07. The lowest BCUT2D eigenvalue weighted by Gasteiger charge is -2.31. The molecular weight excluding hydrogens is 542 g/mol. The molecule has 188 valence electrons. The van der Waals surface area contributed by atoms with Crippen LogP contribution in [0.3, 0.4) is 0 Å². The quantitative estimate of drug-likeness (QED) is 0.201. The van der Waals surface area contributed by atoms with Crippen LogP contribution in [-0.4, -0.2) is 16.6 Å². The number of amides is 1.